The number of hydrogen-bond donors (Lipinski definition) is 0. The van der Waals surface area contributed by atoms with Crippen molar-refractivity contribution in [1.29, 1.82) is 0 Å². The Hall–Kier alpha value is -3.15. The van der Waals surface area contributed by atoms with Gasteiger partial charge in [-0.1, -0.05) is 24.3 Å². The van der Waals surface area contributed by atoms with Gasteiger partial charge in [0.25, 0.3) is 5.91 Å². The van der Waals surface area contributed by atoms with E-state index in [0.717, 1.165) is 23.9 Å². The van der Waals surface area contributed by atoms with Crippen LogP contribution in [0.4, 0.5) is 0 Å². The molecule has 1 amide bonds. The summed E-state index contributed by atoms with van der Waals surface area (Å²) in [6.45, 7) is 3.77. The summed E-state index contributed by atoms with van der Waals surface area (Å²) in [5, 5.41) is 8.23. The molecule has 6 nitrogen and oxygen atoms in total. The Morgan fingerprint density at radius 1 is 1.00 bits per heavy atom. The lowest BCUT2D eigenvalue weighted by Gasteiger charge is -2.27. The minimum Gasteiger partial charge on any atom is -0.457 e. The highest BCUT2D eigenvalue weighted by molar-refractivity contribution is 5.94. The Morgan fingerprint density at radius 2 is 1.80 bits per heavy atom. The predicted octanol–water partition coefficient (Wildman–Crippen LogP) is 3.03. The van der Waals surface area contributed by atoms with Crippen LogP contribution in [0.1, 0.15) is 22.0 Å². The summed E-state index contributed by atoms with van der Waals surface area (Å²) in [5.41, 5.74) is 0.609. The quantitative estimate of drug-likeness (QED) is 0.739. The maximum absolute atomic E-state index is 12.8. The largest absolute Gasteiger partial charge is 0.457 e. The molecule has 0 saturated carbocycles. The van der Waals surface area contributed by atoms with Crippen LogP contribution in [0, 0.1) is 6.92 Å². The first kappa shape index (κ1) is 15.4. The number of rotatable bonds is 3. The van der Waals surface area contributed by atoms with Gasteiger partial charge in [-0.3, -0.25) is 4.79 Å². The molecule has 3 aromatic rings. The summed E-state index contributed by atoms with van der Waals surface area (Å²) >= 11 is 0. The van der Waals surface area contributed by atoms with Crippen LogP contribution in [0.15, 0.2) is 54.6 Å². The molecule has 1 aromatic heterocycles. The molecule has 6 heteroatoms. The van der Waals surface area contributed by atoms with Gasteiger partial charge in [0, 0.05) is 18.7 Å². The molecule has 0 aliphatic carbocycles. The zero-order chi connectivity index (χ0) is 17.2. The highest BCUT2D eigenvalue weighted by Crippen LogP contribution is 2.23. The average molecular weight is 334 g/mol. The fourth-order valence-corrected chi connectivity index (χ4v) is 2.98. The molecule has 0 spiro atoms. The lowest BCUT2D eigenvalue weighted by atomic mass is 10.1. The fourth-order valence-electron chi connectivity index (χ4n) is 2.98. The lowest BCUT2D eigenvalue weighted by molar-refractivity contribution is 0.0706. The number of fused-ring (bicyclic) bond motifs is 1. The minimum atomic E-state index is -0.0228. The number of benzene rings is 2. The van der Waals surface area contributed by atoms with E-state index in [1.54, 1.807) is 11.0 Å². The summed E-state index contributed by atoms with van der Waals surface area (Å²) in [4.78, 5) is 14.6. The van der Waals surface area contributed by atoms with Gasteiger partial charge in [-0.05, 0) is 37.3 Å². The van der Waals surface area contributed by atoms with Crippen molar-refractivity contribution >= 4 is 5.91 Å². The topological polar surface area (TPSA) is 60.2 Å². The number of ether oxygens (including phenoxy) is 1. The third-order valence-electron chi connectivity index (χ3n) is 4.29. The van der Waals surface area contributed by atoms with Gasteiger partial charge in [-0.15, -0.1) is 10.2 Å². The van der Waals surface area contributed by atoms with E-state index >= 15 is 0 Å². The minimum absolute atomic E-state index is 0.0228. The first-order valence-corrected chi connectivity index (χ1v) is 8.21. The van der Waals surface area contributed by atoms with Crippen LogP contribution < -0.4 is 4.74 Å². The van der Waals surface area contributed by atoms with Gasteiger partial charge >= 0.3 is 0 Å². The van der Waals surface area contributed by atoms with Crippen LogP contribution in [0.25, 0.3) is 0 Å². The van der Waals surface area contributed by atoms with Crippen molar-refractivity contribution in [3.05, 3.63) is 71.8 Å². The van der Waals surface area contributed by atoms with E-state index in [1.807, 2.05) is 55.5 Å². The third-order valence-corrected chi connectivity index (χ3v) is 4.29. The molecule has 0 atom stereocenters. The first-order chi connectivity index (χ1) is 12.2. The second-order valence-electron chi connectivity index (χ2n) is 5.98. The lowest BCUT2D eigenvalue weighted by Crippen LogP contribution is -2.38. The summed E-state index contributed by atoms with van der Waals surface area (Å²) in [6, 6.07) is 16.8. The SMILES string of the molecule is Cc1nnc2n1CCN(C(=O)c1cccc(Oc3ccccc3)c1)C2. The maximum Gasteiger partial charge on any atom is 0.254 e. The van der Waals surface area contributed by atoms with Gasteiger partial charge in [-0.2, -0.15) is 0 Å². The number of para-hydroxylation sites is 1. The van der Waals surface area contributed by atoms with Crippen molar-refractivity contribution in [2.45, 2.75) is 20.0 Å². The highest BCUT2D eigenvalue weighted by atomic mass is 16.5. The summed E-state index contributed by atoms with van der Waals surface area (Å²) in [7, 11) is 0. The standard InChI is InChI=1S/C19H18N4O2/c1-14-20-21-18-13-22(10-11-23(14)18)19(24)15-6-5-9-17(12-15)25-16-7-3-2-4-8-16/h2-9,12H,10-11,13H2,1H3. The van der Waals surface area contributed by atoms with Crippen molar-refractivity contribution in [3.63, 3.8) is 0 Å². The van der Waals surface area contributed by atoms with E-state index in [1.165, 1.54) is 0 Å². The van der Waals surface area contributed by atoms with Crippen LogP contribution in [0.5, 0.6) is 11.5 Å². The third kappa shape index (κ3) is 3.10. The van der Waals surface area contributed by atoms with Crippen LogP contribution >= 0.6 is 0 Å². The number of amides is 1. The average Bonchev–Trinajstić information content (AvgIpc) is 3.02. The Bertz CT molecular complexity index is 905. The summed E-state index contributed by atoms with van der Waals surface area (Å²) < 4.78 is 7.87. The molecule has 2 heterocycles. The second kappa shape index (κ2) is 6.39. The molecule has 2 aromatic carbocycles. The molecule has 1 aliphatic rings. The van der Waals surface area contributed by atoms with E-state index in [-0.39, 0.29) is 5.91 Å². The Kier molecular flexibility index (Phi) is 3.93. The number of nitrogens with zero attached hydrogens (tertiary/aromatic N) is 4. The van der Waals surface area contributed by atoms with Gasteiger partial charge in [0.15, 0.2) is 5.82 Å². The Balaban J connectivity index is 1.52. The van der Waals surface area contributed by atoms with E-state index < -0.39 is 0 Å². The Morgan fingerprint density at radius 3 is 2.64 bits per heavy atom. The summed E-state index contributed by atoms with van der Waals surface area (Å²) in [5.74, 6) is 3.08. The molecule has 0 radical (unpaired) electrons. The van der Waals surface area contributed by atoms with Gasteiger partial charge in [0.1, 0.15) is 17.3 Å². The number of carbonyl (C=O) groups is 1. The number of carbonyl (C=O) groups excluding carboxylic acids is 1. The molecule has 126 valence electrons. The molecule has 4 rings (SSSR count). The Labute approximate surface area is 145 Å². The first-order valence-electron chi connectivity index (χ1n) is 8.21. The van der Waals surface area contributed by atoms with Crippen molar-refractivity contribution in [1.82, 2.24) is 19.7 Å². The predicted molar refractivity (Wildman–Crippen MR) is 92.5 cm³/mol. The zero-order valence-electron chi connectivity index (χ0n) is 13.9. The van der Waals surface area contributed by atoms with E-state index in [9.17, 15) is 4.79 Å². The van der Waals surface area contributed by atoms with E-state index in [2.05, 4.69) is 14.8 Å². The van der Waals surface area contributed by atoms with Crippen molar-refractivity contribution in [3.8, 4) is 11.5 Å². The van der Waals surface area contributed by atoms with E-state index in [0.29, 0.717) is 24.4 Å². The van der Waals surface area contributed by atoms with Crippen LogP contribution in [-0.2, 0) is 13.1 Å². The number of aromatic nitrogens is 3. The molecule has 0 N–H and O–H groups in total. The van der Waals surface area contributed by atoms with Gasteiger partial charge < -0.3 is 14.2 Å². The molecular formula is C19H18N4O2. The van der Waals surface area contributed by atoms with E-state index in [4.69, 9.17) is 4.74 Å². The van der Waals surface area contributed by atoms with Gasteiger partial charge in [0.2, 0.25) is 0 Å². The maximum atomic E-state index is 12.8. The molecule has 0 bridgehead atoms. The van der Waals surface area contributed by atoms with Gasteiger partial charge in [-0.25, -0.2) is 0 Å². The second-order valence-corrected chi connectivity index (χ2v) is 5.98. The van der Waals surface area contributed by atoms with Crippen LogP contribution in [-0.4, -0.2) is 32.1 Å². The highest BCUT2D eigenvalue weighted by Gasteiger charge is 2.24. The van der Waals surface area contributed by atoms with Crippen LogP contribution in [0.2, 0.25) is 0 Å². The molecule has 1 aliphatic heterocycles. The zero-order valence-corrected chi connectivity index (χ0v) is 13.9. The number of hydrogen-bond acceptors (Lipinski definition) is 4. The molecule has 0 unspecified atom stereocenters. The van der Waals surface area contributed by atoms with Crippen molar-refractivity contribution < 1.29 is 9.53 Å². The summed E-state index contributed by atoms with van der Waals surface area (Å²) in [6.07, 6.45) is 0. The van der Waals surface area contributed by atoms with Crippen LogP contribution in [0.3, 0.4) is 0 Å². The number of aryl methyl sites for hydroxylation is 1. The molecular weight excluding hydrogens is 316 g/mol. The van der Waals surface area contributed by atoms with Crippen molar-refractivity contribution in [2.75, 3.05) is 6.54 Å². The van der Waals surface area contributed by atoms with Gasteiger partial charge in [0.05, 0.1) is 6.54 Å². The smallest absolute Gasteiger partial charge is 0.254 e. The monoisotopic (exact) mass is 334 g/mol. The fraction of sp³-hybridized carbons (Fsp3) is 0.211. The molecule has 25 heavy (non-hydrogen) atoms. The molecule has 0 fully saturated rings. The molecule has 0 saturated heterocycles. The van der Waals surface area contributed by atoms with Crippen molar-refractivity contribution in [2.24, 2.45) is 0 Å². The normalized spacial score (nSPS) is 13.4.